The first kappa shape index (κ1) is 17.0. The minimum absolute atomic E-state index is 0.00419. The van der Waals surface area contributed by atoms with E-state index < -0.39 is 0 Å². The van der Waals surface area contributed by atoms with E-state index in [2.05, 4.69) is 25.6 Å². The Morgan fingerprint density at radius 3 is 2.81 bits per heavy atom. The number of amides is 1. The van der Waals surface area contributed by atoms with Gasteiger partial charge in [0.15, 0.2) is 0 Å². The van der Waals surface area contributed by atoms with E-state index >= 15 is 0 Å². The van der Waals surface area contributed by atoms with E-state index in [1.807, 2.05) is 37.8 Å². The Morgan fingerprint density at radius 1 is 1.27 bits per heavy atom. The molecular weight excluding hydrogens is 332 g/mol. The summed E-state index contributed by atoms with van der Waals surface area (Å²) in [6.45, 7) is 4.66. The van der Waals surface area contributed by atoms with Crippen molar-refractivity contribution in [1.82, 2.24) is 20.1 Å². The molecule has 1 amide bonds. The Morgan fingerprint density at radius 2 is 2.12 bits per heavy atom. The number of aryl methyl sites for hydroxylation is 1. The van der Waals surface area contributed by atoms with Crippen LogP contribution >= 0.6 is 0 Å². The number of carbonyl (C=O) groups excluding carboxylic acids is 1. The van der Waals surface area contributed by atoms with Crippen molar-refractivity contribution in [3.05, 3.63) is 36.3 Å². The van der Waals surface area contributed by atoms with E-state index in [9.17, 15) is 4.79 Å². The van der Waals surface area contributed by atoms with Gasteiger partial charge >= 0.3 is 0 Å². The zero-order chi connectivity index (χ0) is 17.9. The molecule has 138 valence electrons. The number of hydrogen-bond donors (Lipinski definition) is 2. The lowest BCUT2D eigenvalue weighted by Crippen LogP contribution is -2.36. The van der Waals surface area contributed by atoms with Crippen molar-refractivity contribution < 1.29 is 9.53 Å². The average molecular weight is 356 g/mol. The molecule has 8 nitrogen and oxygen atoms in total. The lowest BCUT2D eigenvalue weighted by Gasteiger charge is -2.28. The van der Waals surface area contributed by atoms with Crippen LogP contribution in [-0.2, 0) is 16.6 Å². The summed E-state index contributed by atoms with van der Waals surface area (Å²) in [6.07, 6.45) is 5.63. The van der Waals surface area contributed by atoms with Gasteiger partial charge in [0.1, 0.15) is 5.82 Å². The molecule has 2 aromatic heterocycles. The van der Waals surface area contributed by atoms with Crippen molar-refractivity contribution >= 4 is 17.4 Å². The molecular formula is C18H24N6O2. The summed E-state index contributed by atoms with van der Waals surface area (Å²) in [6, 6.07) is 3.86. The van der Waals surface area contributed by atoms with E-state index in [1.54, 1.807) is 4.68 Å². The SMILES string of the molecule is Cn1cc([C@H]2CNC[C@@H]2C(=O)Nc2ccc(N3CCOCC3)cn2)cn1. The maximum atomic E-state index is 12.7. The Kier molecular flexibility index (Phi) is 4.85. The smallest absolute Gasteiger partial charge is 0.230 e. The fourth-order valence-corrected chi connectivity index (χ4v) is 3.62. The summed E-state index contributed by atoms with van der Waals surface area (Å²) >= 11 is 0. The average Bonchev–Trinajstić information content (AvgIpc) is 3.32. The first-order chi connectivity index (χ1) is 12.7. The van der Waals surface area contributed by atoms with Crippen LogP contribution in [-0.4, -0.2) is 60.1 Å². The number of morpholine rings is 1. The van der Waals surface area contributed by atoms with Gasteiger partial charge in [-0.3, -0.25) is 9.48 Å². The Hall–Kier alpha value is -2.45. The van der Waals surface area contributed by atoms with Crippen molar-refractivity contribution in [2.45, 2.75) is 5.92 Å². The van der Waals surface area contributed by atoms with Crippen molar-refractivity contribution in [3.8, 4) is 0 Å². The van der Waals surface area contributed by atoms with Gasteiger partial charge in [0.05, 0.1) is 37.2 Å². The molecule has 2 aromatic rings. The molecule has 0 saturated carbocycles. The van der Waals surface area contributed by atoms with Gasteiger partial charge < -0.3 is 20.3 Å². The van der Waals surface area contributed by atoms with Crippen LogP contribution in [0.4, 0.5) is 11.5 Å². The minimum atomic E-state index is -0.125. The molecule has 8 heteroatoms. The molecule has 2 atom stereocenters. The van der Waals surface area contributed by atoms with Crippen molar-refractivity contribution in [2.24, 2.45) is 13.0 Å². The molecule has 26 heavy (non-hydrogen) atoms. The summed E-state index contributed by atoms with van der Waals surface area (Å²) in [5.41, 5.74) is 2.15. The highest BCUT2D eigenvalue weighted by Gasteiger charge is 2.34. The zero-order valence-corrected chi connectivity index (χ0v) is 14.9. The maximum Gasteiger partial charge on any atom is 0.230 e. The van der Waals surface area contributed by atoms with Crippen LogP contribution in [0, 0.1) is 5.92 Å². The second-order valence-corrected chi connectivity index (χ2v) is 6.81. The van der Waals surface area contributed by atoms with E-state index in [-0.39, 0.29) is 17.7 Å². The first-order valence-electron chi connectivity index (χ1n) is 8.99. The fourth-order valence-electron chi connectivity index (χ4n) is 3.62. The van der Waals surface area contributed by atoms with Crippen molar-refractivity contribution in [3.63, 3.8) is 0 Å². The standard InChI is InChI=1S/C18H24N6O2/c1-23-12-13(8-21-23)15-10-19-11-16(15)18(25)22-17-3-2-14(9-20-17)24-4-6-26-7-5-24/h2-3,8-9,12,15-16,19H,4-7,10-11H2,1H3,(H,20,22,25)/t15-,16+/m1/s1. The molecule has 2 fully saturated rings. The predicted octanol–water partition coefficient (Wildman–Crippen LogP) is 0.593. The molecule has 0 bridgehead atoms. The number of hydrogen-bond acceptors (Lipinski definition) is 6. The molecule has 4 heterocycles. The molecule has 2 saturated heterocycles. The molecule has 0 aliphatic carbocycles. The van der Waals surface area contributed by atoms with E-state index in [1.165, 1.54) is 0 Å². The van der Waals surface area contributed by atoms with Crippen molar-refractivity contribution in [2.75, 3.05) is 49.6 Å². The quantitative estimate of drug-likeness (QED) is 0.834. The topological polar surface area (TPSA) is 84.3 Å². The van der Waals surface area contributed by atoms with Crippen LogP contribution < -0.4 is 15.5 Å². The second kappa shape index (κ2) is 7.43. The fraction of sp³-hybridized carbons (Fsp3) is 0.500. The van der Waals surface area contributed by atoms with Crippen LogP contribution in [0.25, 0.3) is 0 Å². The number of rotatable bonds is 4. The highest BCUT2D eigenvalue weighted by atomic mass is 16.5. The van der Waals surface area contributed by atoms with E-state index in [0.29, 0.717) is 12.4 Å². The summed E-state index contributed by atoms with van der Waals surface area (Å²) in [4.78, 5) is 19.4. The zero-order valence-electron chi connectivity index (χ0n) is 14.9. The lowest BCUT2D eigenvalue weighted by molar-refractivity contribution is -0.119. The van der Waals surface area contributed by atoms with Crippen LogP contribution in [0.3, 0.4) is 0 Å². The number of aromatic nitrogens is 3. The first-order valence-corrected chi connectivity index (χ1v) is 8.99. The third-order valence-electron chi connectivity index (χ3n) is 5.08. The molecule has 4 rings (SSSR count). The Labute approximate surface area is 152 Å². The van der Waals surface area contributed by atoms with Gasteiger partial charge in [-0.2, -0.15) is 5.10 Å². The lowest BCUT2D eigenvalue weighted by atomic mass is 9.90. The Bertz CT molecular complexity index is 753. The minimum Gasteiger partial charge on any atom is -0.378 e. The number of nitrogens with zero attached hydrogens (tertiary/aromatic N) is 4. The van der Waals surface area contributed by atoms with Gasteiger partial charge in [0.2, 0.25) is 5.91 Å². The van der Waals surface area contributed by atoms with Crippen LogP contribution in [0.5, 0.6) is 0 Å². The van der Waals surface area contributed by atoms with Crippen LogP contribution in [0.2, 0.25) is 0 Å². The van der Waals surface area contributed by atoms with Crippen LogP contribution in [0.1, 0.15) is 11.5 Å². The highest BCUT2D eigenvalue weighted by Crippen LogP contribution is 2.28. The largest absolute Gasteiger partial charge is 0.378 e. The summed E-state index contributed by atoms with van der Waals surface area (Å²) in [7, 11) is 1.89. The predicted molar refractivity (Wildman–Crippen MR) is 98.2 cm³/mol. The van der Waals surface area contributed by atoms with Gasteiger partial charge in [-0.05, 0) is 17.7 Å². The van der Waals surface area contributed by atoms with Gasteiger partial charge in [-0.1, -0.05) is 0 Å². The Balaban J connectivity index is 1.40. The number of anilines is 2. The second-order valence-electron chi connectivity index (χ2n) is 6.81. The van der Waals surface area contributed by atoms with Gasteiger partial charge in [-0.15, -0.1) is 0 Å². The van der Waals surface area contributed by atoms with Gasteiger partial charge in [0, 0.05) is 45.3 Å². The molecule has 0 aromatic carbocycles. The van der Waals surface area contributed by atoms with Crippen molar-refractivity contribution in [1.29, 1.82) is 0 Å². The highest BCUT2D eigenvalue weighted by molar-refractivity contribution is 5.92. The van der Waals surface area contributed by atoms with Gasteiger partial charge in [0.25, 0.3) is 0 Å². The summed E-state index contributed by atoms with van der Waals surface area (Å²) in [5.74, 6) is 0.593. The monoisotopic (exact) mass is 356 g/mol. The number of carbonyl (C=O) groups is 1. The molecule has 0 radical (unpaired) electrons. The summed E-state index contributed by atoms with van der Waals surface area (Å²) in [5, 5.41) is 10.5. The molecule has 2 aliphatic heterocycles. The summed E-state index contributed by atoms with van der Waals surface area (Å²) < 4.78 is 7.14. The molecule has 2 N–H and O–H groups in total. The maximum absolute atomic E-state index is 12.7. The van der Waals surface area contributed by atoms with E-state index in [0.717, 1.165) is 44.1 Å². The third-order valence-corrected chi connectivity index (χ3v) is 5.08. The van der Waals surface area contributed by atoms with Crippen LogP contribution in [0.15, 0.2) is 30.7 Å². The molecule has 2 aliphatic rings. The number of ether oxygens (including phenoxy) is 1. The molecule has 0 spiro atoms. The van der Waals surface area contributed by atoms with E-state index in [4.69, 9.17) is 4.74 Å². The molecule has 0 unspecified atom stereocenters. The third kappa shape index (κ3) is 3.56. The number of nitrogens with one attached hydrogen (secondary N) is 2. The normalized spacial score (nSPS) is 23.2. The van der Waals surface area contributed by atoms with Gasteiger partial charge in [-0.25, -0.2) is 4.98 Å². The number of pyridine rings is 1.